The van der Waals surface area contributed by atoms with Gasteiger partial charge in [0.1, 0.15) is 17.6 Å². The molecule has 0 radical (unpaired) electrons. The Kier molecular flexibility index (Phi) is 8.16. The lowest BCUT2D eigenvalue weighted by molar-refractivity contribution is -0.117. The van der Waals surface area contributed by atoms with Gasteiger partial charge in [-0.3, -0.25) is 9.69 Å². The third-order valence-corrected chi connectivity index (χ3v) is 6.01. The summed E-state index contributed by atoms with van der Waals surface area (Å²) in [4.78, 5) is 14.6. The van der Waals surface area contributed by atoms with Gasteiger partial charge in [0.2, 0.25) is 5.91 Å². The summed E-state index contributed by atoms with van der Waals surface area (Å²) in [5.74, 6) is 2.22. The van der Waals surface area contributed by atoms with Crippen molar-refractivity contribution in [3.05, 3.63) is 52.5 Å². The molecule has 164 valence electrons. The van der Waals surface area contributed by atoms with Crippen molar-refractivity contribution < 1.29 is 14.3 Å². The average Bonchev–Trinajstić information content (AvgIpc) is 2.78. The highest BCUT2D eigenvalue weighted by Crippen LogP contribution is 2.27. The number of carbonyl (C=O) groups excluding carboxylic acids is 1. The molecule has 1 fully saturated rings. The van der Waals surface area contributed by atoms with Crippen LogP contribution in [-0.4, -0.2) is 44.7 Å². The second kappa shape index (κ2) is 11.0. The summed E-state index contributed by atoms with van der Waals surface area (Å²) in [5, 5.41) is 12.1. The molecule has 31 heavy (non-hydrogen) atoms. The lowest BCUT2D eigenvalue weighted by atomic mass is 9.90. The minimum atomic E-state index is -0.0669. The highest BCUT2D eigenvalue weighted by atomic mass is 35.5. The van der Waals surface area contributed by atoms with Crippen LogP contribution in [0.15, 0.2) is 36.4 Å². The Morgan fingerprint density at radius 2 is 1.84 bits per heavy atom. The zero-order valence-electron chi connectivity index (χ0n) is 18.0. The van der Waals surface area contributed by atoms with E-state index in [4.69, 9.17) is 26.3 Å². The van der Waals surface area contributed by atoms with Crippen molar-refractivity contribution in [1.82, 2.24) is 4.90 Å². The highest BCUT2D eigenvalue weighted by Gasteiger charge is 2.21. The number of ether oxygens (including phenoxy) is 2. The molecule has 2 aromatic carbocycles. The molecular weight excluding hydrogens is 414 g/mol. The molecule has 7 heteroatoms. The normalized spacial score (nSPS) is 14.6. The minimum absolute atomic E-state index is 0.0669. The Morgan fingerprint density at radius 1 is 1.16 bits per heavy atom. The van der Waals surface area contributed by atoms with Crippen LogP contribution in [0.25, 0.3) is 0 Å². The van der Waals surface area contributed by atoms with E-state index < -0.39 is 0 Å². The molecule has 1 amide bonds. The standard InChI is InChI=1S/C24H28ClN3O3/c1-30-21-11-18(12-22(14-21)31-2)4-3-17-7-9-28(10-8-17)16-24(29)27-20-6-5-19(15-26)23(25)13-20/h5-6,11-14,17H,3-4,7-10,16H2,1-2H3,(H,27,29). The van der Waals surface area contributed by atoms with Crippen molar-refractivity contribution in [1.29, 1.82) is 5.26 Å². The van der Waals surface area contributed by atoms with E-state index in [0.717, 1.165) is 50.3 Å². The monoisotopic (exact) mass is 441 g/mol. The Labute approximate surface area is 188 Å². The SMILES string of the molecule is COc1cc(CCC2CCN(CC(=O)Nc3ccc(C#N)c(Cl)c3)CC2)cc(OC)c1. The third kappa shape index (κ3) is 6.61. The number of methoxy groups -OCH3 is 2. The van der Waals surface area contributed by atoms with Crippen LogP contribution in [-0.2, 0) is 11.2 Å². The number of anilines is 1. The topological polar surface area (TPSA) is 74.6 Å². The molecule has 2 aromatic rings. The summed E-state index contributed by atoms with van der Waals surface area (Å²) >= 11 is 6.03. The maximum Gasteiger partial charge on any atom is 0.238 e. The largest absolute Gasteiger partial charge is 0.497 e. The number of benzene rings is 2. The predicted octanol–water partition coefficient (Wildman–Crippen LogP) is 4.51. The Balaban J connectivity index is 1.43. The van der Waals surface area contributed by atoms with E-state index in [1.807, 2.05) is 12.1 Å². The average molecular weight is 442 g/mol. The molecule has 0 atom stereocenters. The number of carbonyl (C=O) groups is 1. The van der Waals surface area contributed by atoms with Gasteiger partial charge in [0.05, 0.1) is 31.4 Å². The Morgan fingerprint density at radius 3 is 2.42 bits per heavy atom. The van der Waals surface area contributed by atoms with E-state index >= 15 is 0 Å². The number of hydrogen-bond acceptors (Lipinski definition) is 5. The molecule has 0 bridgehead atoms. The van der Waals surface area contributed by atoms with Gasteiger partial charge in [0.15, 0.2) is 0 Å². The van der Waals surface area contributed by atoms with Gasteiger partial charge in [-0.1, -0.05) is 11.6 Å². The first-order chi connectivity index (χ1) is 15.0. The number of nitrogens with one attached hydrogen (secondary N) is 1. The minimum Gasteiger partial charge on any atom is -0.497 e. The van der Waals surface area contributed by atoms with E-state index in [1.54, 1.807) is 32.4 Å². The van der Waals surface area contributed by atoms with Gasteiger partial charge in [-0.25, -0.2) is 0 Å². The fourth-order valence-electron chi connectivity index (χ4n) is 3.90. The van der Waals surface area contributed by atoms with Crippen LogP contribution >= 0.6 is 11.6 Å². The number of piperidine rings is 1. The number of aryl methyl sites for hydroxylation is 1. The molecule has 1 aliphatic heterocycles. The van der Waals surface area contributed by atoms with Gasteiger partial charge in [0.25, 0.3) is 0 Å². The number of nitrogens with zero attached hydrogens (tertiary/aromatic N) is 2. The molecule has 0 unspecified atom stereocenters. The predicted molar refractivity (Wildman–Crippen MR) is 122 cm³/mol. The van der Waals surface area contributed by atoms with E-state index in [9.17, 15) is 4.79 Å². The van der Waals surface area contributed by atoms with Gasteiger partial charge in [-0.05, 0) is 80.6 Å². The number of rotatable bonds is 8. The van der Waals surface area contributed by atoms with E-state index in [2.05, 4.69) is 22.3 Å². The summed E-state index contributed by atoms with van der Waals surface area (Å²) in [7, 11) is 3.33. The van der Waals surface area contributed by atoms with E-state index in [1.165, 1.54) is 5.56 Å². The molecule has 0 saturated carbocycles. The van der Waals surface area contributed by atoms with Crippen molar-refractivity contribution in [3.63, 3.8) is 0 Å². The molecule has 0 aliphatic carbocycles. The molecule has 1 aliphatic rings. The van der Waals surface area contributed by atoms with Gasteiger partial charge < -0.3 is 14.8 Å². The Hall–Kier alpha value is -2.75. The molecule has 0 spiro atoms. The van der Waals surface area contributed by atoms with E-state index in [-0.39, 0.29) is 5.91 Å². The molecule has 0 aromatic heterocycles. The van der Waals surface area contributed by atoms with Gasteiger partial charge in [-0.2, -0.15) is 5.26 Å². The van der Waals surface area contributed by atoms with Crippen molar-refractivity contribution in [2.45, 2.75) is 25.7 Å². The second-order valence-electron chi connectivity index (χ2n) is 7.83. The van der Waals surface area contributed by atoms with Crippen molar-refractivity contribution >= 4 is 23.2 Å². The quantitative estimate of drug-likeness (QED) is 0.652. The first-order valence-electron chi connectivity index (χ1n) is 10.4. The summed E-state index contributed by atoms with van der Waals surface area (Å²) in [5.41, 5.74) is 2.23. The molecule has 1 heterocycles. The summed E-state index contributed by atoms with van der Waals surface area (Å²) in [6.07, 6.45) is 4.26. The highest BCUT2D eigenvalue weighted by molar-refractivity contribution is 6.32. The summed E-state index contributed by atoms with van der Waals surface area (Å²) < 4.78 is 10.7. The zero-order chi connectivity index (χ0) is 22.2. The fourth-order valence-corrected chi connectivity index (χ4v) is 4.12. The summed E-state index contributed by atoms with van der Waals surface area (Å²) in [6.45, 7) is 2.18. The fraction of sp³-hybridized carbons (Fsp3) is 0.417. The number of likely N-dealkylation sites (tertiary alicyclic amines) is 1. The van der Waals surface area contributed by atoms with Crippen LogP contribution in [0.5, 0.6) is 11.5 Å². The molecular formula is C24H28ClN3O3. The van der Waals surface area contributed by atoms with Crippen LogP contribution < -0.4 is 14.8 Å². The van der Waals surface area contributed by atoms with Crippen molar-refractivity contribution in [3.8, 4) is 17.6 Å². The number of nitriles is 1. The molecule has 3 rings (SSSR count). The number of amides is 1. The van der Waals surface area contributed by atoms with Crippen LogP contribution in [0.1, 0.15) is 30.4 Å². The molecule has 1 saturated heterocycles. The first kappa shape index (κ1) is 22.9. The van der Waals surface area contributed by atoms with Crippen molar-refractivity contribution in [2.75, 3.05) is 39.2 Å². The van der Waals surface area contributed by atoms with Gasteiger partial charge >= 0.3 is 0 Å². The third-order valence-electron chi connectivity index (χ3n) is 5.70. The van der Waals surface area contributed by atoms with Crippen LogP contribution in [0, 0.1) is 17.2 Å². The van der Waals surface area contributed by atoms with E-state index in [0.29, 0.717) is 28.7 Å². The second-order valence-corrected chi connectivity index (χ2v) is 8.24. The summed E-state index contributed by atoms with van der Waals surface area (Å²) in [6, 6.07) is 13.0. The smallest absolute Gasteiger partial charge is 0.238 e. The first-order valence-corrected chi connectivity index (χ1v) is 10.8. The Bertz CT molecular complexity index is 927. The number of halogens is 1. The lowest BCUT2D eigenvalue weighted by Crippen LogP contribution is -2.39. The molecule has 6 nitrogen and oxygen atoms in total. The van der Waals surface area contributed by atoms with Crippen LogP contribution in [0.2, 0.25) is 5.02 Å². The van der Waals surface area contributed by atoms with Crippen LogP contribution in [0.4, 0.5) is 5.69 Å². The lowest BCUT2D eigenvalue weighted by Gasteiger charge is -2.31. The van der Waals surface area contributed by atoms with Crippen LogP contribution in [0.3, 0.4) is 0 Å². The maximum absolute atomic E-state index is 12.4. The number of hydrogen-bond donors (Lipinski definition) is 1. The molecule has 1 N–H and O–H groups in total. The zero-order valence-corrected chi connectivity index (χ0v) is 18.7. The maximum atomic E-state index is 12.4. The van der Waals surface area contributed by atoms with Gasteiger partial charge in [-0.15, -0.1) is 0 Å². The van der Waals surface area contributed by atoms with Gasteiger partial charge in [0, 0.05) is 11.8 Å². The van der Waals surface area contributed by atoms with Crippen molar-refractivity contribution in [2.24, 2.45) is 5.92 Å².